The van der Waals surface area contributed by atoms with E-state index in [2.05, 4.69) is 29.2 Å². The summed E-state index contributed by atoms with van der Waals surface area (Å²) in [5.74, 6) is -0.0984. The molecule has 6 heteroatoms. The number of benzene rings is 1. The van der Waals surface area contributed by atoms with Crippen LogP contribution in [-0.2, 0) is 4.74 Å². The van der Waals surface area contributed by atoms with Gasteiger partial charge in [-0.05, 0) is 32.0 Å². The molecular formula is C18H24N4O2. The van der Waals surface area contributed by atoms with Crippen molar-refractivity contribution < 1.29 is 9.53 Å². The Morgan fingerprint density at radius 1 is 1.29 bits per heavy atom. The van der Waals surface area contributed by atoms with Gasteiger partial charge in [-0.25, -0.2) is 4.68 Å². The number of carbonyl (C=O) groups is 1. The second kappa shape index (κ2) is 7.15. The Hall–Kier alpha value is -2.18. The van der Waals surface area contributed by atoms with E-state index >= 15 is 0 Å². The van der Waals surface area contributed by atoms with E-state index < -0.39 is 0 Å². The van der Waals surface area contributed by atoms with Gasteiger partial charge >= 0.3 is 0 Å². The highest BCUT2D eigenvalue weighted by molar-refractivity contribution is 5.98. The Bertz CT molecular complexity index is 684. The lowest BCUT2D eigenvalue weighted by Crippen LogP contribution is -2.44. The number of likely N-dealkylation sites (tertiary alicyclic amines) is 1. The minimum Gasteiger partial charge on any atom is -0.378 e. The molecule has 24 heavy (non-hydrogen) atoms. The standard InChI is InChI=1S/C18H24N4O2/c1-13(2)21-11-15(17(12-21)24-3)20-18(23)14-7-4-5-8-16(14)22-10-6-9-19-22/h4-10,13,15,17H,11-12H2,1-3H3,(H,20,23)/t15-,17-/m0/s1. The van der Waals surface area contributed by atoms with Crippen molar-refractivity contribution in [3.8, 4) is 5.69 Å². The fourth-order valence-corrected chi connectivity index (χ4v) is 3.13. The average molecular weight is 328 g/mol. The van der Waals surface area contributed by atoms with Gasteiger partial charge in [-0.15, -0.1) is 0 Å². The number of nitrogens with one attached hydrogen (secondary N) is 1. The van der Waals surface area contributed by atoms with E-state index in [9.17, 15) is 4.79 Å². The van der Waals surface area contributed by atoms with E-state index in [1.165, 1.54) is 0 Å². The third-order valence-electron chi connectivity index (χ3n) is 4.54. The van der Waals surface area contributed by atoms with Gasteiger partial charge in [0.2, 0.25) is 0 Å². The summed E-state index contributed by atoms with van der Waals surface area (Å²) in [6.45, 7) is 5.94. The number of para-hydroxylation sites is 1. The number of aromatic nitrogens is 2. The van der Waals surface area contributed by atoms with Gasteiger partial charge in [-0.2, -0.15) is 5.10 Å². The average Bonchev–Trinajstić information content (AvgIpc) is 3.24. The number of hydrogen-bond acceptors (Lipinski definition) is 4. The molecule has 1 fully saturated rings. The summed E-state index contributed by atoms with van der Waals surface area (Å²) in [5, 5.41) is 7.37. The molecule has 1 aromatic carbocycles. The van der Waals surface area contributed by atoms with Gasteiger partial charge in [0.05, 0.1) is 23.4 Å². The Labute approximate surface area is 142 Å². The summed E-state index contributed by atoms with van der Waals surface area (Å²) in [4.78, 5) is 15.1. The van der Waals surface area contributed by atoms with Crippen LogP contribution in [0.25, 0.3) is 5.69 Å². The fraction of sp³-hybridized carbons (Fsp3) is 0.444. The molecule has 0 saturated carbocycles. The molecule has 3 rings (SSSR count). The quantitative estimate of drug-likeness (QED) is 0.908. The zero-order valence-corrected chi connectivity index (χ0v) is 14.3. The molecule has 0 bridgehead atoms. The minimum absolute atomic E-state index is 0.00761. The lowest BCUT2D eigenvalue weighted by molar-refractivity contribution is 0.0753. The summed E-state index contributed by atoms with van der Waals surface area (Å²) in [6.07, 6.45) is 3.54. The van der Waals surface area contributed by atoms with Crippen molar-refractivity contribution >= 4 is 5.91 Å². The third-order valence-corrected chi connectivity index (χ3v) is 4.54. The molecule has 1 aliphatic heterocycles. The van der Waals surface area contributed by atoms with Crippen LogP contribution in [0, 0.1) is 0 Å². The second-order valence-corrected chi connectivity index (χ2v) is 6.37. The number of amides is 1. The molecular weight excluding hydrogens is 304 g/mol. The van der Waals surface area contributed by atoms with Crippen molar-refractivity contribution in [3.63, 3.8) is 0 Å². The summed E-state index contributed by atoms with van der Waals surface area (Å²) < 4.78 is 7.28. The van der Waals surface area contributed by atoms with Gasteiger partial charge in [-0.1, -0.05) is 12.1 Å². The van der Waals surface area contributed by atoms with Crippen molar-refractivity contribution in [2.75, 3.05) is 20.2 Å². The molecule has 1 aliphatic rings. The monoisotopic (exact) mass is 328 g/mol. The number of hydrogen-bond donors (Lipinski definition) is 1. The van der Waals surface area contributed by atoms with E-state index in [1.54, 1.807) is 18.0 Å². The smallest absolute Gasteiger partial charge is 0.253 e. The largest absolute Gasteiger partial charge is 0.378 e. The predicted molar refractivity (Wildman–Crippen MR) is 92.3 cm³/mol. The van der Waals surface area contributed by atoms with E-state index in [-0.39, 0.29) is 18.1 Å². The highest BCUT2D eigenvalue weighted by atomic mass is 16.5. The molecule has 0 spiro atoms. The third kappa shape index (κ3) is 3.34. The van der Waals surface area contributed by atoms with Crippen molar-refractivity contribution in [1.82, 2.24) is 20.0 Å². The molecule has 2 aromatic rings. The summed E-state index contributed by atoms with van der Waals surface area (Å²) in [6, 6.07) is 9.74. The van der Waals surface area contributed by atoms with Gasteiger partial charge in [0.25, 0.3) is 5.91 Å². The maximum Gasteiger partial charge on any atom is 0.253 e. The van der Waals surface area contributed by atoms with Crippen LogP contribution in [0.4, 0.5) is 0 Å². The van der Waals surface area contributed by atoms with Crippen LogP contribution in [0.1, 0.15) is 24.2 Å². The molecule has 0 aliphatic carbocycles. The van der Waals surface area contributed by atoms with Crippen LogP contribution in [0.2, 0.25) is 0 Å². The molecule has 6 nitrogen and oxygen atoms in total. The highest BCUT2D eigenvalue weighted by Crippen LogP contribution is 2.18. The second-order valence-electron chi connectivity index (χ2n) is 6.37. The topological polar surface area (TPSA) is 59.4 Å². The van der Waals surface area contributed by atoms with Crippen LogP contribution < -0.4 is 5.32 Å². The maximum atomic E-state index is 12.8. The van der Waals surface area contributed by atoms with Crippen LogP contribution in [0.3, 0.4) is 0 Å². The van der Waals surface area contributed by atoms with Crippen molar-refractivity contribution in [1.29, 1.82) is 0 Å². The fourth-order valence-electron chi connectivity index (χ4n) is 3.13. The number of carbonyl (C=O) groups excluding carboxylic acids is 1. The van der Waals surface area contributed by atoms with E-state index in [0.717, 1.165) is 18.8 Å². The van der Waals surface area contributed by atoms with Gasteiger partial charge in [0.15, 0.2) is 0 Å². The summed E-state index contributed by atoms with van der Waals surface area (Å²) in [5.41, 5.74) is 1.38. The zero-order valence-electron chi connectivity index (χ0n) is 14.3. The van der Waals surface area contributed by atoms with Gasteiger partial charge in [0.1, 0.15) is 0 Å². The first kappa shape index (κ1) is 16.7. The Morgan fingerprint density at radius 2 is 2.08 bits per heavy atom. The van der Waals surface area contributed by atoms with Crippen LogP contribution in [0.5, 0.6) is 0 Å². The zero-order chi connectivity index (χ0) is 17.1. The Kier molecular flexibility index (Phi) is 4.97. The maximum absolute atomic E-state index is 12.8. The lowest BCUT2D eigenvalue weighted by Gasteiger charge is -2.20. The molecule has 0 radical (unpaired) electrons. The molecule has 1 amide bonds. The van der Waals surface area contributed by atoms with Crippen molar-refractivity contribution in [2.45, 2.75) is 32.0 Å². The Morgan fingerprint density at radius 3 is 2.75 bits per heavy atom. The molecule has 128 valence electrons. The molecule has 1 aromatic heterocycles. The first-order valence-corrected chi connectivity index (χ1v) is 8.27. The normalized spacial score (nSPS) is 21.3. The summed E-state index contributed by atoms with van der Waals surface area (Å²) in [7, 11) is 1.70. The van der Waals surface area contributed by atoms with Crippen molar-refractivity contribution in [2.24, 2.45) is 0 Å². The predicted octanol–water partition coefficient (Wildman–Crippen LogP) is 1.71. The van der Waals surface area contributed by atoms with Crippen LogP contribution in [-0.4, -0.2) is 59.0 Å². The van der Waals surface area contributed by atoms with Gasteiger partial charge in [-0.3, -0.25) is 9.69 Å². The molecule has 2 heterocycles. The highest BCUT2D eigenvalue weighted by Gasteiger charge is 2.35. The molecule has 1 N–H and O–H groups in total. The Balaban J connectivity index is 1.78. The molecule has 1 saturated heterocycles. The van der Waals surface area contributed by atoms with Crippen LogP contribution >= 0.6 is 0 Å². The lowest BCUT2D eigenvalue weighted by atomic mass is 10.1. The van der Waals surface area contributed by atoms with E-state index in [0.29, 0.717) is 11.6 Å². The minimum atomic E-state index is -0.0984. The summed E-state index contributed by atoms with van der Waals surface area (Å²) >= 11 is 0. The van der Waals surface area contributed by atoms with Crippen molar-refractivity contribution in [3.05, 3.63) is 48.3 Å². The number of rotatable bonds is 5. The number of ether oxygens (including phenoxy) is 1. The SMILES string of the molecule is CO[C@H]1CN(C(C)C)C[C@@H]1NC(=O)c1ccccc1-n1cccn1. The first-order valence-electron chi connectivity index (χ1n) is 8.27. The number of methoxy groups -OCH3 is 1. The van der Waals surface area contributed by atoms with Crippen LogP contribution in [0.15, 0.2) is 42.7 Å². The first-order chi connectivity index (χ1) is 11.6. The molecule has 0 unspecified atom stereocenters. The van der Waals surface area contributed by atoms with E-state index in [1.807, 2.05) is 36.5 Å². The molecule has 2 atom stereocenters. The van der Waals surface area contributed by atoms with Gasteiger partial charge in [0, 0.05) is 38.6 Å². The van der Waals surface area contributed by atoms with Gasteiger partial charge < -0.3 is 10.1 Å². The number of nitrogens with zero attached hydrogens (tertiary/aromatic N) is 3. The van der Waals surface area contributed by atoms with E-state index in [4.69, 9.17) is 4.74 Å².